The van der Waals surface area contributed by atoms with Gasteiger partial charge in [-0.3, -0.25) is 9.00 Å². The van der Waals surface area contributed by atoms with E-state index in [4.69, 9.17) is 0 Å². The van der Waals surface area contributed by atoms with Crippen LogP contribution in [-0.2, 0) is 15.6 Å². The van der Waals surface area contributed by atoms with Crippen LogP contribution in [0.1, 0.15) is 20.8 Å². The molecule has 0 heterocycles. The van der Waals surface area contributed by atoms with E-state index in [1.54, 1.807) is 6.26 Å². The normalized spacial score (nSPS) is 15.2. The molecule has 5 heteroatoms. The predicted octanol–water partition coefficient (Wildman–Crippen LogP) is -0.132. The summed E-state index contributed by atoms with van der Waals surface area (Å²) in [5.74, 6) is -0.0194. The van der Waals surface area contributed by atoms with Crippen molar-refractivity contribution in [2.45, 2.75) is 32.1 Å². The molecule has 0 aliphatic carbocycles. The third kappa shape index (κ3) is 7.03. The molecule has 4 nitrogen and oxygen atoms in total. The number of hydrogen-bond donors (Lipinski definition) is 2. The molecule has 2 unspecified atom stereocenters. The fourth-order valence-corrected chi connectivity index (χ4v) is 1.23. The van der Waals surface area contributed by atoms with Gasteiger partial charge in [-0.2, -0.15) is 0 Å². The summed E-state index contributed by atoms with van der Waals surface area (Å²) in [6.45, 7) is 6.63. The molecule has 0 spiro atoms. The Kier molecular flexibility index (Phi) is 6.74. The molecule has 0 aliphatic heterocycles. The molecule has 2 N–H and O–H groups in total. The summed E-state index contributed by atoms with van der Waals surface area (Å²) in [7, 11) is -0.830. The molecule has 0 radical (unpaired) electrons. The van der Waals surface area contributed by atoms with Crippen LogP contribution in [0.4, 0.5) is 0 Å². The summed E-state index contributed by atoms with van der Waals surface area (Å²) in [5.41, 5.74) is 0. The summed E-state index contributed by atoms with van der Waals surface area (Å²) in [5, 5.41) is 5.82. The Balaban J connectivity index is 3.54. The minimum absolute atomic E-state index is 0.0194. The average molecular weight is 220 g/mol. The first-order valence-corrected chi connectivity index (χ1v) is 6.38. The first-order chi connectivity index (χ1) is 6.43. The summed E-state index contributed by atoms with van der Waals surface area (Å²) in [4.78, 5) is 11.2. The topological polar surface area (TPSA) is 58.2 Å². The van der Waals surface area contributed by atoms with Crippen molar-refractivity contribution >= 4 is 16.7 Å². The van der Waals surface area contributed by atoms with E-state index in [2.05, 4.69) is 10.6 Å². The van der Waals surface area contributed by atoms with Crippen LogP contribution in [0.25, 0.3) is 0 Å². The first kappa shape index (κ1) is 13.6. The van der Waals surface area contributed by atoms with E-state index in [9.17, 15) is 9.00 Å². The zero-order chi connectivity index (χ0) is 11.1. The number of carbonyl (C=O) groups excluding carboxylic acids is 1. The molecule has 0 saturated heterocycles. The number of rotatable bonds is 6. The summed E-state index contributed by atoms with van der Waals surface area (Å²) >= 11 is 0. The van der Waals surface area contributed by atoms with Gasteiger partial charge in [-0.25, -0.2) is 0 Å². The van der Waals surface area contributed by atoms with E-state index < -0.39 is 10.8 Å². The summed E-state index contributed by atoms with van der Waals surface area (Å²) in [6, 6.07) is 0.169. The fraction of sp³-hybridized carbons (Fsp3) is 0.889. The van der Waals surface area contributed by atoms with Crippen molar-refractivity contribution in [1.82, 2.24) is 10.6 Å². The van der Waals surface area contributed by atoms with Crippen molar-refractivity contribution in [3.8, 4) is 0 Å². The Morgan fingerprint density at radius 2 is 1.93 bits per heavy atom. The van der Waals surface area contributed by atoms with E-state index in [-0.39, 0.29) is 17.2 Å². The standard InChI is InChI=1S/C9H20N2O2S/c1-7(2)11-9(12)6-10-5-8(3)14(4)13/h7-8,10H,5-6H2,1-4H3,(H,11,12). The van der Waals surface area contributed by atoms with E-state index in [0.29, 0.717) is 13.1 Å². The molecule has 0 rings (SSSR count). The SMILES string of the molecule is CC(C)NC(=O)CNCC(C)S(C)=O. The number of nitrogens with one attached hydrogen (secondary N) is 2. The van der Waals surface area contributed by atoms with Gasteiger partial charge in [0.2, 0.25) is 5.91 Å². The second-order valence-corrected chi connectivity index (χ2v) is 5.46. The Morgan fingerprint density at radius 1 is 1.36 bits per heavy atom. The third-order valence-electron chi connectivity index (χ3n) is 1.73. The van der Waals surface area contributed by atoms with Gasteiger partial charge in [-0.15, -0.1) is 0 Å². The van der Waals surface area contributed by atoms with Crippen LogP contribution in [0.15, 0.2) is 0 Å². The Morgan fingerprint density at radius 3 is 2.36 bits per heavy atom. The Labute approximate surface area is 88.3 Å². The highest BCUT2D eigenvalue weighted by Crippen LogP contribution is 1.88. The average Bonchev–Trinajstić information content (AvgIpc) is 2.02. The van der Waals surface area contributed by atoms with Crippen LogP contribution < -0.4 is 10.6 Å². The van der Waals surface area contributed by atoms with Gasteiger partial charge in [0, 0.05) is 34.9 Å². The van der Waals surface area contributed by atoms with Gasteiger partial charge < -0.3 is 10.6 Å². The molecule has 0 aliphatic rings. The van der Waals surface area contributed by atoms with Crippen molar-refractivity contribution in [2.75, 3.05) is 19.3 Å². The minimum atomic E-state index is -0.830. The maximum atomic E-state index is 11.2. The van der Waals surface area contributed by atoms with E-state index in [1.807, 2.05) is 20.8 Å². The second kappa shape index (κ2) is 6.95. The molecule has 0 aromatic rings. The van der Waals surface area contributed by atoms with Crippen molar-refractivity contribution in [3.63, 3.8) is 0 Å². The van der Waals surface area contributed by atoms with Crippen LogP contribution in [0.5, 0.6) is 0 Å². The van der Waals surface area contributed by atoms with Crippen molar-refractivity contribution in [2.24, 2.45) is 0 Å². The van der Waals surface area contributed by atoms with Crippen LogP contribution in [0, 0.1) is 0 Å². The maximum absolute atomic E-state index is 11.2. The number of hydrogen-bond acceptors (Lipinski definition) is 3. The van der Waals surface area contributed by atoms with E-state index in [0.717, 1.165) is 0 Å². The van der Waals surface area contributed by atoms with Crippen LogP contribution >= 0.6 is 0 Å². The smallest absolute Gasteiger partial charge is 0.234 e. The van der Waals surface area contributed by atoms with Gasteiger partial charge in [0.15, 0.2) is 0 Å². The maximum Gasteiger partial charge on any atom is 0.234 e. The van der Waals surface area contributed by atoms with E-state index in [1.165, 1.54) is 0 Å². The van der Waals surface area contributed by atoms with Crippen molar-refractivity contribution in [3.05, 3.63) is 0 Å². The van der Waals surface area contributed by atoms with Crippen LogP contribution in [0.3, 0.4) is 0 Å². The third-order valence-corrected chi connectivity index (χ3v) is 3.03. The molecule has 84 valence electrons. The molecule has 0 aromatic heterocycles. The number of amides is 1. The molecule has 0 aromatic carbocycles. The summed E-state index contributed by atoms with van der Waals surface area (Å²) in [6.07, 6.45) is 1.67. The lowest BCUT2D eigenvalue weighted by Gasteiger charge is -2.11. The molecule has 0 bridgehead atoms. The van der Waals surface area contributed by atoms with Crippen LogP contribution in [-0.4, -0.2) is 40.8 Å². The molecular formula is C9H20N2O2S. The molecule has 0 fully saturated rings. The second-order valence-electron chi connectivity index (χ2n) is 3.66. The zero-order valence-electron chi connectivity index (χ0n) is 9.29. The van der Waals surface area contributed by atoms with Gasteiger partial charge in [-0.05, 0) is 20.8 Å². The zero-order valence-corrected chi connectivity index (χ0v) is 10.1. The van der Waals surface area contributed by atoms with Gasteiger partial charge >= 0.3 is 0 Å². The van der Waals surface area contributed by atoms with Gasteiger partial charge in [-0.1, -0.05) is 0 Å². The van der Waals surface area contributed by atoms with Gasteiger partial charge in [0.1, 0.15) is 0 Å². The Bertz CT molecular complexity index is 207. The Hall–Kier alpha value is -0.420. The first-order valence-electron chi connectivity index (χ1n) is 4.75. The molecule has 1 amide bonds. The fourth-order valence-electron chi connectivity index (χ4n) is 0.879. The van der Waals surface area contributed by atoms with E-state index >= 15 is 0 Å². The van der Waals surface area contributed by atoms with Crippen molar-refractivity contribution in [1.29, 1.82) is 0 Å². The van der Waals surface area contributed by atoms with Gasteiger partial charge in [0.05, 0.1) is 6.54 Å². The minimum Gasteiger partial charge on any atom is -0.353 e. The summed E-state index contributed by atoms with van der Waals surface area (Å²) < 4.78 is 11.0. The highest BCUT2D eigenvalue weighted by molar-refractivity contribution is 7.84. The van der Waals surface area contributed by atoms with Crippen molar-refractivity contribution < 1.29 is 9.00 Å². The van der Waals surface area contributed by atoms with Gasteiger partial charge in [0.25, 0.3) is 0 Å². The lowest BCUT2D eigenvalue weighted by atomic mass is 10.4. The molecular weight excluding hydrogens is 200 g/mol. The highest BCUT2D eigenvalue weighted by Gasteiger charge is 2.07. The highest BCUT2D eigenvalue weighted by atomic mass is 32.2. The molecule has 0 saturated carbocycles. The molecule has 14 heavy (non-hydrogen) atoms. The lowest BCUT2D eigenvalue weighted by molar-refractivity contribution is -0.120. The van der Waals surface area contributed by atoms with Crippen LogP contribution in [0.2, 0.25) is 0 Å². The quantitative estimate of drug-likeness (QED) is 0.655. The monoisotopic (exact) mass is 220 g/mol. The predicted molar refractivity (Wildman–Crippen MR) is 59.7 cm³/mol. The molecule has 2 atom stereocenters. The lowest BCUT2D eigenvalue weighted by Crippen LogP contribution is -2.40. The largest absolute Gasteiger partial charge is 0.353 e. The number of carbonyl (C=O) groups is 1.